The van der Waals surface area contributed by atoms with Crippen molar-refractivity contribution in [3.05, 3.63) is 114 Å². The van der Waals surface area contributed by atoms with E-state index in [2.05, 4.69) is 27.2 Å². The van der Waals surface area contributed by atoms with Crippen LogP contribution in [-0.4, -0.2) is 50.6 Å². The van der Waals surface area contributed by atoms with Crippen molar-refractivity contribution in [1.82, 2.24) is 25.2 Å². The molecule has 2 aliphatic rings. The molecule has 0 bridgehead atoms. The molecule has 45 heavy (non-hydrogen) atoms. The van der Waals surface area contributed by atoms with Crippen LogP contribution in [0.15, 0.2) is 96.6 Å². The van der Waals surface area contributed by atoms with Gasteiger partial charge in [0.2, 0.25) is 0 Å². The Bertz CT molecular complexity index is 1700. The number of allylic oxidation sites excluding steroid dienone is 1. The molecule has 0 aliphatic carbocycles. The van der Waals surface area contributed by atoms with Gasteiger partial charge in [-0.05, 0) is 72.4 Å². The van der Waals surface area contributed by atoms with Gasteiger partial charge >= 0.3 is 6.03 Å². The number of benzene rings is 2. The van der Waals surface area contributed by atoms with Crippen LogP contribution >= 0.6 is 0 Å². The molecule has 0 fully saturated rings. The molecule has 230 valence electrons. The van der Waals surface area contributed by atoms with Gasteiger partial charge in [-0.1, -0.05) is 49.8 Å². The van der Waals surface area contributed by atoms with Crippen LogP contribution in [0.1, 0.15) is 67.2 Å². The quantitative estimate of drug-likeness (QED) is 0.189. The molecule has 0 spiro atoms. The molecular formula is C36H39N7O2. The van der Waals surface area contributed by atoms with Crippen LogP contribution < -0.4 is 10.6 Å². The third-order valence-electron chi connectivity index (χ3n) is 8.45. The number of rotatable bonds is 11. The summed E-state index contributed by atoms with van der Waals surface area (Å²) in [4.78, 5) is 37.3. The minimum absolute atomic E-state index is 0.0183. The van der Waals surface area contributed by atoms with Gasteiger partial charge in [-0.3, -0.25) is 14.8 Å². The predicted octanol–water partition coefficient (Wildman–Crippen LogP) is 6.58. The van der Waals surface area contributed by atoms with Crippen LogP contribution in [0.25, 0.3) is 10.9 Å². The Hall–Kier alpha value is -5.05. The largest absolute Gasteiger partial charge is 0.389 e. The SMILES string of the molecule is C=C(C)NCCCCCCN1N=C(c2ccc(NC(=O)N3Cc4ccncc4C3)cc2)CC(c2cccc3ncccc23)C1=O. The predicted molar refractivity (Wildman–Crippen MR) is 178 cm³/mol. The summed E-state index contributed by atoms with van der Waals surface area (Å²) in [6, 6.07) is 19.5. The Kier molecular flexibility index (Phi) is 9.14. The van der Waals surface area contributed by atoms with Crippen LogP contribution in [0.4, 0.5) is 10.5 Å². The number of amides is 3. The van der Waals surface area contributed by atoms with Gasteiger partial charge < -0.3 is 15.5 Å². The van der Waals surface area contributed by atoms with Gasteiger partial charge in [0.25, 0.3) is 5.91 Å². The lowest BCUT2D eigenvalue weighted by Gasteiger charge is -2.30. The van der Waals surface area contributed by atoms with Crippen molar-refractivity contribution in [2.45, 2.75) is 58.0 Å². The molecule has 2 aromatic carbocycles. The highest BCUT2D eigenvalue weighted by Gasteiger charge is 2.33. The number of unbranched alkanes of at least 4 members (excludes halogenated alkanes) is 3. The second-order valence-corrected chi connectivity index (χ2v) is 11.8. The van der Waals surface area contributed by atoms with Crippen LogP contribution in [-0.2, 0) is 17.9 Å². The average molecular weight is 602 g/mol. The fraction of sp³-hybridized carbons (Fsp3) is 0.306. The van der Waals surface area contributed by atoms with Crippen molar-refractivity contribution in [3.8, 4) is 0 Å². The lowest BCUT2D eigenvalue weighted by atomic mass is 9.86. The molecule has 4 heterocycles. The van der Waals surface area contributed by atoms with Crippen LogP contribution in [0.2, 0.25) is 0 Å². The number of fused-ring (bicyclic) bond motifs is 2. The number of hydrazone groups is 1. The first-order valence-electron chi connectivity index (χ1n) is 15.7. The third-order valence-corrected chi connectivity index (χ3v) is 8.45. The summed E-state index contributed by atoms with van der Waals surface area (Å²) in [6.45, 7) is 8.45. The molecule has 2 N–H and O–H groups in total. The lowest BCUT2D eigenvalue weighted by molar-refractivity contribution is -0.133. The van der Waals surface area contributed by atoms with Crippen LogP contribution in [0.3, 0.4) is 0 Å². The molecule has 3 amide bonds. The topological polar surface area (TPSA) is 103 Å². The van der Waals surface area contributed by atoms with E-state index >= 15 is 0 Å². The number of urea groups is 1. The van der Waals surface area contributed by atoms with E-state index in [9.17, 15) is 9.59 Å². The van der Waals surface area contributed by atoms with Crippen molar-refractivity contribution in [3.63, 3.8) is 0 Å². The smallest absolute Gasteiger partial charge is 0.322 e. The van der Waals surface area contributed by atoms with E-state index in [1.165, 1.54) is 0 Å². The Morgan fingerprint density at radius 1 is 0.956 bits per heavy atom. The fourth-order valence-corrected chi connectivity index (χ4v) is 6.06. The Morgan fingerprint density at radius 3 is 2.60 bits per heavy atom. The van der Waals surface area contributed by atoms with Crippen molar-refractivity contribution in [2.75, 3.05) is 18.4 Å². The van der Waals surface area contributed by atoms with E-state index in [1.54, 1.807) is 22.3 Å². The molecule has 0 radical (unpaired) electrons. The number of carbonyl (C=O) groups is 2. The van der Waals surface area contributed by atoms with E-state index < -0.39 is 0 Å². The highest BCUT2D eigenvalue weighted by atomic mass is 16.2. The monoisotopic (exact) mass is 601 g/mol. The molecule has 9 heteroatoms. The first-order chi connectivity index (χ1) is 22.0. The maximum Gasteiger partial charge on any atom is 0.322 e. The zero-order valence-corrected chi connectivity index (χ0v) is 25.7. The summed E-state index contributed by atoms with van der Waals surface area (Å²) in [5.41, 5.74) is 7.52. The Balaban J connectivity index is 1.17. The molecule has 1 atom stereocenters. The summed E-state index contributed by atoms with van der Waals surface area (Å²) in [5, 5.41) is 13.8. The van der Waals surface area contributed by atoms with Crippen molar-refractivity contribution < 1.29 is 9.59 Å². The molecular weight excluding hydrogens is 562 g/mol. The molecule has 4 aromatic rings. The lowest BCUT2D eigenvalue weighted by Crippen LogP contribution is -2.38. The van der Waals surface area contributed by atoms with Gasteiger partial charge in [0.15, 0.2) is 0 Å². The molecule has 0 saturated heterocycles. The van der Waals surface area contributed by atoms with E-state index in [0.717, 1.165) is 76.8 Å². The molecule has 2 aromatic heterocycles. The van der Waals surface area contributed by atoms with Gasteiger partial charge in [-0.2, -0.15) is 5.10 Å². The van der Waals surface area contributed by atoms with Crippen LogP contribution in [0.5, 0.6) is 0 Å². The molecule has 9 nitrogen and oxygen atoms in total. The summed E-state index contributed by atoms with van der Waals surface area (Å²) < 4.78 is 0. The number of carbonyl (C=O) groups excluding carboxylic acids is 2. The van der Waals surface area contributed by atoms with Gasteiger partial charge in [0.05, 0.1) is 17.1 Å². The number of pyridine rings is 2. The zero-order valence-electron chi connectivity index (χ0n) is 25.7. The molecule has 6 rings (SSSR count). The minimum atomic E-state index is -0.365. The summed E-state index contributed by atoms with van der Waals surface area (Å²) in [6.07, 6.45) is 9.87. The summed E-state index contributed by atoms with van der Waals surface area (Å²) >= 11 is 0. The molecule has 1 unspecified atom stereocenters. The maximum absolute atomic E-state index is 13.9. The average Bonchev–Trinajstić information content (AvgIpc) is 3.50. The minimum Gasteiger partial charge on any atom is -0.389 e. The second kappa shape index (κ2) is 13.7. The zero-order chi connectivity index (χ0) is 31.2. The third kappa shape index (κ3) is 7.03. The number of aromatic nitrogens is 2. The second-order valence-electron chi connectivity index (χ2n) is 11.8. The summed E-state index contributed by atoms with van der Waals surface area (Å²) in [7, 11) is 0. The van der Waals surface area contributed by atoms with Gasteiger partial charge in [-0.25, -0.2) is 9.80 Å². The van der Waals surface area contributed by atoms with Crippen LogP contribution in [0, 0.1) is 0 Å². The number of nitrogens with one attached hydrogen (secondary N) is 2. The number of hydrogen-bond donors (Lipinski definition) is 2. The van der Waals surface area contributed by atoms with Gasteiger partial charge in [0.1, 0.15) is 0 Å². The molecule has 2 aliphatic heterocycles. The number of hydrogen-bond acceptors (Lipinski definition) is 6. The van der Waals surface area contributed by atoms with E-state index in [-0.39, 0.29) is 17.9 Å². The first-order valence-corrected chi connectivity index (χ1v) is 15.7. The maximum atomic E-state index is 13.9. The highest BCUT2D eigenvalue weighted by molar-refractivity contribution is 6.07. The number of anilines is 1. The van der Waals surface area contributed by atoms with Crippen molar-refractivity contribution >= 4 is 34.2 Å². The highest BCUT2D eigenvalue weighted by Crippen LogP contribution is 2.33. The summed E-state index contributed by atoms with van der Waals surface area (Å²) in [5.74, 6) is -0.347. The first kappa shape index (κ1) is 30.0. The van der Waals surface area contributed by atoms with E-state index in [0.29, 0.717) is 31.7 Å². The van der Waals surface area contributed by atoms with Gasteiger partial charge in [0, 0.05) is 68.0 Å². The van der Waals surface area contributed by atoms with Crippen molar-refractivity contribution in [2.24, 2.45) is 5.10 Å². The van der Waals surface area contributed by atoms with Gasteiger partial charge in [-0.15, -0.1) is 0 Å². The fourth-order valence-electron chi connectivity index (χ4n) is 6.06. The normalized spacial score (nSPS) is 16.0. The Morgan fingerprint density at radius 2 is 1.78 bits per heavy atom. The molecule has 0 saturated carbocycles. The van der Waals surface area contributed by atoms with E-state index in [1.807, 2.05) is 73.8 Å². The Labute approximate surface area is 264 Å². The number of nitrogens with zero attached hydrogens (tertiary/aromatic N) is 5. The standard InChI is InChI=1S/C36H39N7O2/c1-25(2)38-17-5-3-4-6-20-43-35(44)32(30-9-7-11-33-31(30)10-8-18-39-33)21-34(41-43)26-12-14-29(15-13-26)40-36(45)42-23-27-16-19-37-22-28(27)24-42/h7-16,18-19,22,32,38H,1,3-6,17,20-21,23-24H2,2H3,(H,40,45). The van der Waals surface area contributed by atoms with Crippen molar-refractivity contribution in [1.29, 1.82) is 0 Å². The van der Waals surface area contributed by atoms with E-state index in [4.69, 9.17) is 5.10 Å².